The molecule has 0 unspecified atom stereocenters. The van der Waals surface area contributed by atoms with Gasteiger partial charge >= 0.3 is 0 Å². The zero-order valence-corrected chi connectivity index (χ0v) is 17.5. The summed E-state index contributed by atoms with van der Waals surface area (Å²) in [5.74, 6) is 3.65. The summed E-state index contributed by atoms with van der Waals surface area (Å²) < 4.78 is 18.8. The number of ether oxygens (including phenoxy) is 1. The first kappa shape index (κ1) is 19.9. The number of halogens is 2. The lowest BCUT2D eigenvalue weighted by Gasteiger charge is -2.37. The maximum absolute atomic E-state index is 13.8. The smallest absolute Gasteiger partial charge is 0.165 e. The van der Waals surface area contributed by atoms with Gasteiger partial charge in [0.25, 0.3) is 0 Å². The fourth-order valence-corrected chi connectivity index (χ4v) is 5.53. The van der Waals surface area contributed by atoms with E-state index in [2.05, 4.69) is 22.0 Å². The molecule has 144 valence electrons. The Morgan fingerprint density at radius 2 is 1.69 bits per heavy atom. The van der Waals surface area contributed by atoms with E-state index in [1.807, 2.05) is 11.1 Å². The van der Waals surface area contributed by atoms with Gasteiger partial charge in [-0.25, -0.2) is 4.39 Å². The summed E-state index contributed by atoms with van der Waals surface area (Å²) in [7, 11) is 1.52. The van der Waals surface area contributed by atoms with Crippen molar-refractivity contribution in [1.29, 1.82) is 0 Å². The third-order valence-electron chi connectivity index (χ3n) is 6.78. The molecule has 0 N–H and O–H groups in total. The largest absolute Gasteiger partial charge is 0.494 e. The molecule has 2 fully saturated rings. The fraction of sp³-hybridized carbons (Fsp3) is 0.652. The molecule has 26 heavy (non-hydrogen) atoms. The van der Waals surface area contributed by atoms with Crippen LogP contribution in [0.15, 0.2) is 29.3 Å². The number of hydrogen-bond donors (Lipinski definition) is 0. The van der Waals surface area contributed by atoms with Crippen LogP contribution in [0.2, 0.25) is 0 Å². The first-order valence-corrected chi connectivity index (χ1v) is 11.2. The Hall–Kier alpha value is -0.830. The van der Waals surface area contributed by atoms with Crippen molar-refractivity contribution in [3.05, 3.63) is 40.6 Å². The van der Waals surface area contributed by atoms with Crippen molar-refractivity contribution >= 4 is 15.9 Å². The second-order valence-corrected chi connectivity index (χ2v) is 8.81. The summed E-state index contributed by atoms with van der Waals surface area (Å²) >= 11 is 3.42. The fourth-order valence-electron chi connectivity index (χ4n) is 5.10. The SMILES string of the molecule is COc1ccc(CCC2CCC(C3CCC(/C=C/Br)CC3)CC2)cc1F. The van der Waals surface area contributed by atoms with E-state index in [9.17, 15) is 4.39 Å². The molecule has 2 aliphatic rings. The molecule has 0 spiro atoms. The lowest BCUT2D eigenvalue weighted by atomic mass is 9.68. The summed E-state index contributed by atoms with van der Waals surface area (Å²) in [5.41, 5.74) is 1.10. The molecule has 2 saturated carbocycles. The Bertz CT molecular complexity index is 584. The number of hydrogen-bond acceptors (Lipinski definition) is 1. The lowest BCUT2D eigenvalue weighted by molar-refractivity contribution is 0.153. The van der Waals surface area contributed by atoms with E-state index >= 15 is 0 Å². The molecule has 3 heteroatoms. The topological polar surface area (TPSA) is 9.23 Å². The average Bonchev–Trinajstić information content (AvgIpc) is 2.68. The molecular formula is C23H32BrFO. The van der Waals surface area contributed by atoms with Crippen LogP contribution in [-0.2, 0) is 6.42 Å². The number of rotatable bonds is 6. The maximum atomic E-state index is 13.8. The highest BCUT2D eigenvalue weighted by Gasteiger charge is 2.30. The molecule has 1 nitrogen and oxygen atoms in total. The third kappa shape index (κ3) is 5.34. The van der Waals surface area contributed by atoms with Crippen molar-refractivity contribution in [2.45, 2.75) is 64.2 Å². The second-order valence-electron chi connectivity index (χ2n) is 8.28. The van der Waals surface area contributed by atoms with E-state index in [0.717, 1.165) is 35.7 Å². The number of methoxy groups -OCH3 is 1. The normalized spacial score (nSPS) is 29.8. The Kier molecular flexibility index (Phi) is 7.60. The van der Waals surface area contributed by atoms with E-state index in [1.165, 1.54) is 64.9 Å². The molecule has 0 aromatic heterocycles. The van der Waals surface area contributed by atoms with Crippen molar-refractivity contribution < 1.29 is 9.13 Å². The van der Waals surface area contributed by atoms with Crippen molar-refractivity contribution in [1.82, 2.24) is 0 Å². The van der Waals surface area contributed by atoms with Gasteiger partial charge in [0.1, 0.15) is 0 Å². The highest BCUT2D eigenvalue weighted by Crippen LogP contribution is 2.42. The average molecular weight is 423 g/mol. The van der Waals surface area contributed by atoms with Crippen LogP contribution in [0.5, 0.6) is 5.75 Å². The van der Waals surface area contributed by atoms with Gasteiger partial charge in [0.05, 0.1) is 7.11 Å². The summed E-state index contributed by atoms with van der Waals surface area (Å²) in [5, 5.41) is 0. The second kappa shape index (κ2) is 9.92. The summed E-state index contributed by atoms with van der Waals surface area (Å²) in [6.45, 7) is 0. The van der Waals surface area contributed by atoms with Crippen molar-refractivity contribution in [2.24, 2.45) is 23.7 Å². The van der Waals surface area contributed by atoms with Gasteiger partial charge in [0.15, 0.2) is 11.6 Å². The van der Waals surface area contributed by atoms with Crippen LogP contribution in [0.25, 0.3) is 0 Å². The van der Waals surface area contributed by atoms with Gasteiger partial charge in [-0.05, 0) is 97.7 Å². The molecule has 0 amide bonds. The predicted molar refractivity (Wildman–Crippen MR) is 110 cm³/mol. The molecule has 3 rings (SSSR count). The molecule has 0 saturated heterocycles. The minimum absolute atomic E-state index is 0.237. The molecular weight excluding hydrogens is 391 g/mol. The summed E-state index contributed by atoms with van der Waals surface area (Å²) in [6, 6.07) is 5.40. The Morgan fingerprint density at radius 1 is 1.04 bits per heavy atom. The van der Waals surface area contributed by atoms with E-state index < -0.39 is 0 Å². The monoisotopic (exact) mass is 422 g/mol. The van der Waals surface area contributed by atoms with Crippen LogP contribution in [0.4, 0.5) is 4.39 Å². The molecule has 0 heterocycles. The molecule has 0 radical (unpaired) electrons. The van der Waals surface area contributed by atoms with Gasteiger partial charge in [0.2, 0.25) is 0 Å². The number of allylic oxidation sites excluding steroid dienone is 1. The quantitative estimate of drug-likeness (QED) is 0.467. The van der Waals surface area contributed by atoms with Gasteiger partial charge in [-0.15, -0.1) is 0 Å². The van der Waals surface area contributed by atoms with Crippen molar-refractivity contribution in [2.75, 3.05) is 7.11 Å². The van der Waals surface area contributed by atoms with Crippen LogP contribution in [0.1, 0.15) is 63.4 Å². The first-order valence-electron chi connectivity index (χ1n) is 10.3. The highest BCUT2D eigenvalue weighted by atomic mass is 79.9. The van der Waals surface area contributed by atoms with Gasteiger partial charge in [0, 0.05) is 0 Å². The lowest BCUT2D eigenvalue weighted by Crippen LogP contribution is -2.25. The highest BCUT2D eigenvalue weighted by molar-refractivity contribution is 9.11. The Labute approximate surface area is 166 Å². The van der Waals surface area contributed by atoms with Crippen LogP contribution in [-0.4, -0.2) is 7.11 Å². The number of aryl methyl sites for hydroxylation is 1. The van der Waals surface area contributed by atoms with Crippen LogP contribution in [0, 0.1) is 29.5 Å². The molecule has 1 aromatic carbocycles. The van der Waals surface area contributed by atoms with Crippen LogP contribution >= 0.6 is 15.9 Å². The third-order valence-corrected chi connectivity index (χ3v) is 7.08. The van der Waals surface area contributed by atoms with E-state index in [4.69, 9.17) is 4.74 Å². The molecule has 1 aromatic rings. The van der Waals surface area contributed by atoms with Crippen molar-refractivity contribution in [3.63, 3.8) is 0 Å². The number of benzene rings is 1. The van der Waals surface area contributed by atoms with Crippen molar-refractivity contribution in [3.8, 4) is 5.75 Å². The standard InChI is InChI=1S/C23H32BrFO/c1-26-23-13-8-19(16-22(23)25)3-2-17-4-9-20(10-5-17)21-11-6-18(7-12-21)14-15-24/h8,13-18,20-21H,2-7,9-12H2,1H3/b15-14+. The zero-order valence-electron chi connectivity index (χ0n) is 15.9. The van der Waals surface area contributed by atoms with E-state index in [-0.39, 0.29) is 5.82 Å². The Balaban J connectivity index is 1.39. The Morgan fingerprint density at radius 3 is 2.27 bits per heavy atom. The summed E-state index contributed by atoms with van der Waals surface area (Å²) in [6.07, 6.45) is 15.6. The molecule has 0 atom stereocenters. The van der Waals surface area contributed by atoms with Gasteiger partial charge in [-0.3, -0.25) is 0 Å². The minimum atomic E-state index is -0.237. The van der Waals surface area contributed by atoms with E-state index in [1.54, 1.807) is 12.1 Å². The van der Waals surface area contributed by atoms with Gasteiger partial charge in [-0.1, -0.05) is 40.9 Å². The molecule has 0 bridgehead atoms. The molecule has 0 aliphatic heterocycles. The zero-order chi connectivity index (χ0) is 18.4. The predicted octanol–water partition coefficient (Wildman–Crippen LogP) is 7.29. The summed E-state index contributed by atoms with van der Waals surface area (Å²) in [4.78, 5) is 2.04. The van der Waals surface area contributed by atoms with Gasteiger partial charge < -0.3 is 4.74 Å². The van der Waals surface area contributed by atoms with Crippen LogP contribution < -0.4 is 4.74 Å². The van der Waals surface area contributed by atoms with Gasteiger partial charge in [-0.2, -0.15) is 0 Å². The maximum Gasteiger partial charge on any atom is 0.165 e. The first-order chi connectivity index (χ1) is 12.7. The van der Waals surface area contributed by atoms with Crippen LogP contribution in [0.3, 0.4) is 0 Å². The molecule has 2 aliphatic carbocycles. The van der Waals surface area contributed by atoms with E-state index in [0.29, 0.717) is 5.75 Å². The minimum Gasteiger partial charge on any atom is -0.494 e.